The summed E-state index contributed by atoms with van der Waals surface area (Å²) in [5, 5.41) is 14.9. The molecule has 2 aromatic carbocycles. The van der Waals surface area contributed by atoms with Gasteiger partial charge < -0.3 is 19.5 Å². The van der Waals surface area contributed by atoms with Crippen molar-refractivity contribution in [1.82, 2.24) is 20.2 Å². The van der Waals surface area contributed by atoms with Crippen LogP contribution in [0, 0.1) is 0 Å². The highest BCUT2D eigenvalue weighted by molar-refractivity contribution is 5.92. The van der Waals surface area contributed by atoms with Crippen LogP contribution < -0.4 is 14.8 Å². The third-order valence-corrected chi connectivity index (χ3v) is 5.20. The number of anilines is 1. The van der Waals surface area contributed by atoms with E-state index in [9.17, 15) is 4.79 Å². The molecule has 9 nitrogen and oxygen atoms in total. The van der Waals surface area contributed by atoms with E-state index in [1.807, 2.05) is 36.4 Å². The lowest BCUT2D eigenvalue weighted by atomic mass is 9.95. The van der Waals surface area contributed by atoms with E-state index in [-0.39, 0.29) is 6.61 Å². The first-order valence-corrected chi connectivity index (χ1v) is 10.4. The van der Waals surface area contributed by atoms with Gasteiger partial charge in [-0.1, -0.05) is 41.5 Å². The summed E-state index contributed by atoms with van der Waals surface area (Å²) in [4.78, 5) is 12.8. The number of esters is 1. The maximum absolute atomic E-state index is 12.8. The summed E-state index contributed by atoms with van der Waals surface area (Å²) in [7, 11) is 1.58. The van der Waals surface area contributed by atoms with Crippen LogP contribution in [0.1, 0.15) is 31.0 Å². The number of hydrogen-bond acceptors (Lipinski definition) is 8. The molecular weight excluding hydrogens is 410 g/mol. The lowest BCUT2D eigenvalue weighted by Gasteiger charge is -2.27. The van der Waals surface area contributed by atoms with Crippen LogP contribution in [0.5, 0.6) is 11.5 Å². The molecule has 4 rings (SSSR count). The minimum absolute atomic E-state index is 0.266. The van der Waals surface area contributed by atoms with Gasteiger partial charge in [0.1, 0.15) is 6.04 Å². The molecule has 1 N–H and O–H groups in total. The average Bonchev–Trinajstić information content (AvgIpc) is 3.27. The first-order valence-electron chi connectivity index (χ1n) is 10.4. The first kappa shape index (κ1) is 21.4. The zero-order valence-corrected chi connectivity index (χ0v) is 18.2. The standard InChI is InChI=1S/C23H25N5O4/c1-4-31-22(29)20-15(2)24-23-25-26-27-28(23)21(20)17-10-11-18(19(14-17)30-3)32-13-12-16-8-6-5-7-9-16/h5-11,14,21H,4,12-13H2,1-3H3,(H,24,25,27). The van der Waals surface area contributed by atoms with Crippen LogP contribution in [0.3, 0.4) is 0 Å². The highest BCUT2D eigenvalue weighted by Crippen LogP contribution is 2.38. The molecule has 0 saturated heterocycles. The van der Waals surface area contributed by atoms with Crippen molar-refractivity contribution in [2.45, 2.75) is 26.3 Å². The second-order valence-corrected chi connectivity index (χ2v) is 7.23. The number of ether oxygens (including phenoxy) is 3. The Hall–Kier alpha value is -3.88. The van der Waals surface area contributed by atoms with Gasteiger partial charge >= 0.3 is 5.97 Å². The Morgan fingerprint density at radius 2 is 1.97 bits per heavy atom. The van der Waals surface area contributed by atoms with E-state index in [4.69, 9.17) is 14.2 Å². The Morgan fingerprint density at radius 1 is 1.16 bits per heavy atom. The Morgan fingerprint density at radius 3 is 2.72 bits per heavy atom. The number of carbonyl (C=O) groups is 1. The average molecular weight is 435 g/mol. The van der Waals surface area contributed by atoms with Crippen molar-refractivity contribution in [3.63, 3.8) is 0 Å². The summed E-state index contributed by atoms with van der Waals surface area (Å²) in [5.41, 5.74) is 3.04. The molecule has 1 atom stereocenters. The zero-order valence-electron chi connectivity index (χ0n) is 18.2. The summed E-state index contributed by atoms with van der Waals surface area (Å²) >= 11 is 0. The molecule has 0 amide bonds. The fraction of sp³-hybridized carbons (Fsp3) is 0.304. The van der Waals surface area contributed by atoms with E-state index in [0.717, 1.165) is 12.0 Å². The number of methoxy groups -OCH3 is 1. The number of nitrogens with one attached hydrogen (secondary N) is 1. The summed E-state index contributed by atoms with van der Waals surface area (Å²) < 4.78 is 18.4. The molecule has 166 valence electrons. The van der Waals surface area contributed by atoms with E-state index in [1.165, 1.54) is 5.56 Å². The molecule has 0 radical (unpaired) electrons. The second kappa shape index (κ2) is 9.51. The lowest BCUT2D eigenvalue weighted by molar-refractivity contribution is -0.139. The minimum atomic E-state index is -0.562. The van der Waals surface area contributed by atoms with Gasteiger partial charge in [0.15, 0.2) is 11.5 Å². The molecule has 0 bridgehead atoms. The maximum Gasteiger partial charge on any atom is 0.338 e. The fourth-order valence-corrected chi connectivity index (χ4v) is 3.69. The normalized spacial score (nSPS) is 15.0. The van der Waals surface area contributed by atoms with Crippen LogP contribution >= 0.6 is 0 Å². The maximum atomic E-state index is 12.8. The molecule has 1 unspecified atom stereocenters. The van der Waals surface area contributed by atoms with Gasteiger partial charge in [-0.3, -0.25) is 0 Å². The van der Waals surface area contributed by atoms with E-state index in [1.54, 1.807) is 25.6 Å². The van der Waals surface area contributed by atoms with E-state index in [2.05, 4.69) is 33.0 Å². The van der Waals surface area contributed by atoms with Crippen molar-refractivity contribution in [3.8, 4) is 11.5 Å². The predicted molar refractivity (Wildman–Crippen MR) is 118 cm³/mol. The Bertz CT molecular complexity index is 1130. The molecule has 0 fully saturated rings. The number of allylic oxidation sites excluding steroid dienone is 1. The summed E-state index contributed by atoms with van der Waals surface area (Å²) in [6.45, 7) is 4.35. The van der Waals surface area contributed by atoms with Crippen LogP contribution in [0.2, 0.25) is 0 Å². The Kier molecular flexibility index (Phi) is 6.34. The first-order chi connectivity index (χ1) is 15.6. The molecular formula is C23H25N5O4. The largest absolute Gasteiger partial charge is 0.493 e. The number of fused-ring (bicyclic) bond motifs is 1. The highest BCUT2D eigenvalue weighted by atomic mass is 16.5. The summed E-state index contributed by atoms with van der Waals surface area (Å²) in [6.07, 6.45) is 0.781. The van der Waals surface area contributed by atoms with E-state index >= 15 is 0 Å². The van der Waals surface area contributed by atoms with Crippen molar-refractivity contribution >= 4 is 11.9 Å². The monoisotopic (exact) mass is 435 g/mol. The van der Waals surface area contributed by atoms with Crippen LogP contribution in [0.15, 0.2) is 59.8 Å². The van der Waals surface area contributed by atoms with Crippen molar-refractivity contribution in [2.75, 3.05) is 25.6 Å². The van der Waals surface area contributed by atoms with Crippen LogP contribution in [0.4, 0.5) is 5.95 Å². The third-order valence-electron chi connectivity index (χ3n) is 5.20. The van der Waals surface area contributed by atoms with Gasteiger partial charge in [-0.25, -0.2) is 4.79 Å². The molecule has 0 spiro atoms. The van der Waals surface area contributed by atoms with Gasteiger partial charge in [0.05, 0.1) is 25.9 Å². The number of hydrogen-bond donors (Lipinski definition) is 1. The predicted octanol–water partition coefficient (Wildman–Crippen LogP) is 3.16. The molecule has 0 aliphatic carbocycles. The number of benzene rings is 2. The van der Waals surface area contributed by atoms with Gasteiger partial charge in [-0.2, -0.15) is 4.68 Å². The molecule has 3 aromatic rings. The number of nitrogens with zero attached hydrogens (tertiary/aromatic N) is 4. The van der Waals surface area contributed by atoms with Gasteiger partial charge in [0.2, 0.25) is 5.95 Å². The topological polar surface area (TPSA) is 100 Å². The smallest absolute Gasteiger partial charge is 0.338 e. The number of aromatic nitrogens is 4. The summed E-state index contributed by atoms with van der Waals surface area (Å²) in [5.74, 6) is 1.20. The second-order valence-electron chi connectivity index (χ2n) is 7.23. The van der Waals surface area contributed by atoms with Crippen LogP contribution in [0.25, 0.3) is 0 Å². The molecule has 9 heteroatoms. The van der Waals surface area contributed by atoms with Gasteiger partial charge in [-0.15, -0.1) is 0 Å². The van der Waals surface area contributed by atoms with Crippen LogP contribution in [-0.2, 0) is 16.0 Å². The van der Waals surface area contributed by atoms with Gasteiger partial charge in [0.25, 0.3) is 0 Å². The molecule has 32 heavy (non-hydrogen) atoms. The van der Waals surface area contributed by atoms with Crippen molar-refractivity contribution in [2.24, 2.45) is 0 Å². The molecule has 2 heterocycles. The Balaban J connectivity index is 1.62. The fourth-order valence-electron chi connectivity index (χ4n) is 3.69. The Labute approximate surface area is 186 Å². The van der Waals surface area contributed by atoms with E-state index < -0.39 is 12.0 Å². The molecule has 1 aliphatic rings. The lowest BCUT2D eigenvalue weighted by Crippen LogP contribution is -2.29. The number of rotatable bonds is 8. The zero-order chi connectivity index (χ0) is 22.5. The third kappa shape index (κ3) is 4.27. The van der Waals surface area contributed by atoms with Crippen molar-refractivity contribution in [1.29, 1.82) is 0 Å². The SMILES string of the molecule is CCOC(=O)C1=C(C)Nc2nnnn2C1c1ccc(OCCc2ccccc2)c(OC)c1. The molecule has 1 aliphatic heterocycles. The number of carbonyl (C=O) groups excluding carboxylic acids is 1. The van der Waals surface area contributed by atoms with Crippen LogP contribution in [-0.4, -0.2) is 46.5 Å². The minimum Gasteiger partial charge on any atom is -0.493 e. The molecule has 1 aromatic heterocycles. The number of tetrazole rings is 1. The molecule has 0 saturated carbocycles. The van der Waals surface area contributed by atoms with Gasteiger partial charge in [0, 0.05) is 12.1 Å². The highest BCUT2D eigenvalue weighted by Gasteiger charge is 2.35. The van der Waals surface area contributed by atoms with Gasteiger partial charge in [-0.05, 0) is 47.5 Å². The van der Waals surface area contributed by atoms with Crippen molar-refractivity contribution in [3.05, 3.63) is 70.9 Å². The van der Waals surface area contributed by atoms with E-state index in [0.29, 0.717) is 35.3 Å². The quantitative estimate of drug-likeness (QED) is 0.539. The summed E-state index contributed by atoms with van der Waals surface area (Å²) in [6, 6.07) is 15.1. The van der Waals surface area contributed by atoms with Crippen molar-refractivity contribution < 1.29 is 19.0 Å².